The molecule has 13 heteroatoms. The zero-order valence-electron chi connectivity index (χ0n) is 22.0. The summed E-state index contributed by atoms with van der Waals surface area (Å²) < 4.78 is 25.2. The molecule has 0 aromatic heterocycles. The van der Waals surface area contributed by atoms with Crippen molar-refractivity contribution in [3.8, 4) is 0 Å². The number of unbranched alkanes of at least 4 members (excludes halogenated alkanes) is 9. The van der Waals surface area contributed by atoms with Crippen LogP contribution in [0, 0.1) is 0 Å². The van der Waals surface area contributed by atoms with E-state index in [9.17, 15) is 28.7 Å². The van der Waals surface area contributed by atoms with Crippen LogP contribution in [0.1, 0.15) is 97.3 Å². The maximum atomic E-state index is 12.0. The second kappa shape index (κ2) is 26.1. The fraction of sp³-hybridized carbons (Fsp3) is 0.864. The Labute approximate surface area is 254 Å². The van der Waals surface area contributed by atoms with Gasteiger partial charge in [0.25, 0.3) is 0 Å². The van der Waals surface area contributed by atoms with Crippen LogP contribution in [0.3, 0.4) is 0 Å². The van der Waals surface area contributed by atoms with Gasteiger partial charge in [-0.2, -0.15) is 0 Å². The first kappa shape index (κ1) is 40.0. The van der Waals surface area contributed by atoms with Gasteiger partial charge in [0.05, 0.1) is 14.4 Å². The number of nitrogens with one attached hydrogen (secondary N) is 1. The average Bonchev–Trinajstić information content (AvgIpc) is 2.73. The Kier molecular flexibility index (Phi) is 29.9. The van der Waals surface area contributed by atoms with E-state index in [-0.39, 0.29) is 84.5 Å². The largest absolute Gasteiger partial charge is 1.00 e. The molecule has 1 amide bonds. The van der Waals surface area contributed by atoms with E-state index in [2.05, 4.69) is 16.8 Å². The predicted octanol–water partition coefficient (Wildman–Crippen LogP) is -3.48. The Hall–Kier alpha value is 0.520. The topological polar surface area (TPSA) is 154 Å². The zero-order valence-corrected chi connectivity index (χ0v) is 26.9. The minimum absolute atomic E-state index is 0. The third kappa shape index (κ3) is 30.6. The number of hydrogen-bond donors (Lipinski definition) is 1. The van der Waals surface area contributed by atoms with Crippen molar-refractivity contribution in [3.05, 3.63) is 0 Å². The molecule has 1 atom stereocenters. The summed E-state index contributed by atoms with van der Waals surface area (Å²) in [6, 6.07) is 0. The van der Waals surface area contributed by atoms with Crippen LogP contribution in [0.2, 0.25) is 0 Å². The van der Waals surface area contributed by atoms with Gasteiger partial charge in [-0.05, 0) is 19.3 Å². The van der Waals surface area contributed by atoms with Gasteiger partial charge in [0, 0.05) is 26.3 Å². The standard InChI is InChI=1S/C22H42NO9P.2Na/c1-3-4-5-8-12-15-22(26)32-20(18-31-33(27,28)29)17-30-21(25)14-11-9-6-7-10-13-16-23-19(2)24;;/h20H,3-18H2,1-2H3,(H,23,24)(H2,27,28,29);;/q;2*+1/p-2/t20-;;/m1../s1. The van der Waals surface area contributed by atoms with E-state index in [1.54, 1.807) is 0 Å². The molecule has 10 nitrogen and oxygen atoms in total. The van der Waals surface area contributed by atoms with Gasteiger partial charge in [-0.3, -0.25) is 14.4 Å². The van der Waals surface area contributed by atoms with Crippen molar-refractivity contribution in [3.63, 3.8) is 0 Å². The van der Waals surface area contributed by atoms with Gasteiger partial charge in [-0.25, -0.2) is 0 Å². The smallest absolute Gasteiger partial charge is 0.790 e. The fourth-order valence-electron chi connectivity index (χ4n) is 3.03. The molecule has 0 aliphatic heterocycles. The molecule has 0 bridgehead atoms. The average molecular weight is 540 g/mol. The van der Waals surface area contributed by atoms with Crippen LogP contribution in [-0.2, 0) is 32.9 Å². The summed E-state index contributed by atoms with van der Waals surface area (Å²) in [5, 5.41) is 2.74. The maximum Gasteiger partial charge on any atom is 1.00 e. The molecule has 0 aliphatic rings. The van der Waals surface area contributed by atoms with Gasteiger partial charge >= 0.3 is 71.1 Å². The minimum atomic E-state index is -5.24. The van der Waals surface area contributed by atoms with Gasteiger partial charge in [0.2, 0.25) is 5.91 Å². The number of esters is 2. The van der Waals surface area contributed by atoms with E-state index in [4.69, 9.17) is 9.47 Å². The van der Waals surface area contributed by atoms with Crippen molar-refractivity contribution in [1.82, 2.24) is 5.32 Å². The molecule has 1 N–H and O–H groups in total. The number of rotatable bonds is 21. The quantitative estimate of drug-likeness (QED) is 0.0678. The van der Waals surface area contributed by atoms with Gasteiger partial charge in [-0.15, -0.1) is 0 Å². The van der Waals surface area contributed by atoms with E-state index in [1.807, 2.05) is 0 Å². The summed E-state index contributed by atoms with van der Waals surface area (Å²) in [5.41, 5.74) is 0. The third-order valence-corrected chi connectivity index (χ3v) is 5.28. The zero-order chi connectivity index (χ0) is 25.0. The molecule has 0 aromatic rings. The van der Waals surface area contributed by atoms with Crippen LogP contribution in [-0.4, -0.2) is 43.7 Å². The van der Waals surface area contributed by atoms with Gasteiger partial charge < -0.3 is 33.7 Å². The molecule has 0 spiro atoms. The molecular weight excluding hydrogens is 499 g/mol. The summed E-state index contributed by atoms with van der Waals surface area (Å²) >= 11 is 0. The van der Waals surface area contributed by atoms with Crippen LogP contribution in [0.5, 0.6) is 0 Å². The van der Waals surface area contributed by atoms with E-state index in [0.29, 0.717) is 19.4 Å². The molecule has 0 saturated heterocycles. The van der Waals surface area contributed by atoms with E-state index < -0.39 is 32.5 Å². The summed E-state index contributed by atoms with van der Waals surface area (Å²) in [4.78, 5) is 56.1. The molecule has 194 valence electrons. The molecule has 0 heterocycles. The number of amides is 1. The fourth-order valence-corrected chi connectivity index (χ4v) is 3.38. The normalized spacial score (nSPS) is 11.5. The van der Waals surface area contributed by atoms with E-state index >= 15 is 0 Å². The molecule has 0 saturated carbocycles. The summed E-state index contributed by atoms with van der Waals surface area (Å²) in [7, 11) is -5.24. The first-order chi connectivity index (χ1) is 15.6. The van der Waals surface area contributed by atoms with Gasteiger partial charge in [0.15, 0.2) is 6.10 Å². The van der Waals surface area contributed by atoms with Crippen molar-refractivity contribution in [2.24, 2.45) is 0 Å². The molecular formula is C22H40NNa2O9P. The Morgan fingerprint density at radius 1 is 0.800 bits per heavy atom. The molecule has 0 fully saturated rings. The third-order valence-electron chi connectivity index (χ3n) is 4.81. The SMILES string of the molecule is CCCCCCCC(=O)O[C@H](COC(=O)CCCCCCCCNC(C)=O)COP(=O)([O-])[O-].[Na+].[Na+]. The number of carbonyl (C=O) groups is 3. The number of ether oxygens (including phenoxy) is 2. The van der Waals surface area contributed by atoms with Gasteiger partial charge in [0.1, 0.15) is 6.61 Å². The predicted molar refractivity (Wildman–Crippen MR) is 119 cm³/mol. The molecule has 0 aromatic carbocycles. The number of phosphoric ester groups is 1. The van der Waals surface area contributed by atoms with E-state index in [1.165, 1.54) is 6.92 Å². The van der Waals surface area contributed by atoms with Crippen LogP contribution in [0.15, 0.2) is 0 Å². The molecule has 0 unspecified atom stereocenters. The Balaban J connectivity index is -0.00000512. The first-order valence-corrected chi connectivity index (χ1v) is 13.4. The number of carbonyl (C=O) groups excluding carboxylic acids is 3. The summed E-state index contributed by atoms with van der Waals surface area (Å²) in [6.07, 6.45) is 9.27. The van der Waals surface area contributed by atoms with Crippen LogP contribution < -0.4 is 74.2 Å². The van der Waals surface area contributed by atoms with Crippen molar-refractivity contribution in [2.45, 2.75) is 103 Å². The van der Waals surface area contributed by atoms with Crippen LogP contribution in [0.25, 0.3) is 0 Å². The van der Waals surface area contributed by atoms with Gasteiger partial charge in [-0.1, -0.05) is 58.3 Å². The molecule has 0 aliphatic carbocycles. The Bertz CT molecular complexity index is 605. The Morgan fingerprint density at radius 2 is 1.31 bits per heavy atom. The second-order valence-electron chi connectivity index (χ2n) is 8.06. The van der Waals surface area contributed by atoms with Crippen molar-refractivity contribution >= 4 is 25.7 Å². The minimum Gasteiger partial charge on any atom is -0.790 e. The molecule has 35 heavy (non-hydrogen) atoms. The monoisotopic (exact) mass is 539 g/mol. The number of phosphoric acid groups is 1. The van der Waals surface area contributed by atoms with Crippen molar-refractivity contribution in [1.29, 1.82) is 0 Å². The second-order valence-corrected chi connectivity index (χ2v) is 9.21. The van der Waals surface area contributed by atoms with E-state index in [0.717, 1.165) is 57.8 Å². The maximum absolute atomic E-state index is 12.0. The van der Waals surface area contributed by atoms with Crippen molar-refractivity contribution in [2.75, 3.05) is 19.8 Å². The first-order valence-electron chi connectivity index (χ1n) is 11.9. The van der Waals surface area contributed by atoms with Crippen LogP contribution >= 0.6 is 7.82 Å². The molecule has 0 radical (unpaired) electrons. The molecule has 0 rings (SSSR count). The number of hydrogen-bond acceptors (Lipinski definition) is 9. The summed E-state index contributed by atoms with van der Waals surface area (Å²) in [6.45, 7) is 3.19. The summed E-state index contributed by atoms with van der Waals surface area (Å²) in [5.74, 6) is -1.08. The van der Waals surface area contributed by atoms with Crippen molar-refractivity contribution < 1.29 is 102 Å². The van der Waals surface area contributed by atoms with Crippen LogP contribution in [0.4, 0.5) is 0 Å². The Morgan fingerprint density at radius 3 is 1.86 bits per heavy atom.